The second-order valence-corrected chi connectivity index (χ2v) is 3.36. The molecule has 0 aliphatic rings. The van der Waals surface area contributed by atoms with Gasteiger partial charge in [0.1, 0.15) is 0 Å². The van der Waals surface area contributed by atoms with E-state index in [1.165, 1.54) is 6.21 Å². The Kier molecular flexibility index (Phi) is 2.59. The fourth-order valence-electron chi connectivity index (χ4n) is 1.59. The Bertz CT molecular complexity index is 557. The maximum atomic E-state index is 10.2. The minimum atomic E-state index is -1.17. The van der Waals surface area contributed by atoms with Crippen molar-refractivity contribution in [3.05, 3.63) is 36.0 Å². The Balaban J connectivity index is 2.34. The van der Waals surface area contributed by atoms with E-state index in [1.807, 2.05) is 47.4 Å². The number of hydrogen-bond donors (Lipinski definition) is 2. The van der Waals surface area contributed by atoms with Gasteiger partial charge in [0.2, 0.25) is 0 Å². The van der Waals surface area contributed by atoms with Crippen molar-refractivity contribution in [2.75, 3.05) is 0 Å². The lowest BCUT2D eigenvalue weighted by molar-refractivity contribution is 0.195. The van der Waals surface area contributed by atoms with Crippen molar-refractivity contribution in [3.8, 4) is 0 Å². The largest absolute Gasteiger partial charge is 0.464 e. The maximum absolute atomic E-state index is 10.2. The first-order valence-electron chi connectivity index (χ1n) is 4.75. The van der Waals surface area contributed by atoms with Gasteiger partial charge in [-0.25, -0.2) is 10.2 Å². The highest BCUT2D eigenvalue weighted by atomic mass is 16.4. The Morgan fingerprint density at radius 3 is 2.94 bits per heavy atom. The van der Waals surface area contributed by atoms with Gasteiger partial charge in [-0.05, 0) is 12.1 Å². The van der Waals surface area contributed by atoms with Crippen molar-refractivity contribution in [1.29, 1.82) is 0 Å². The lowest BCUT2D eigenvalue weighted by Crippen LogP contribution is -2.13. The molecule has 2 aromatic rings. The van der Waals surface area contributed by atoms with Crippen molar-refractivity contribution in [2.45, 2.75) is 0 Å². The van der Waals surface area contributed by atoms with E-state index in [4.69, 9.17) is 5.11 Å². The van der Waals surface area contributed by atoms with Gasteiger partial charge in [-0.2, -0.15) is 5.10 Å². The van der Waals surface area contributed by atoms with Crippen LogP contribution in [0.25, 0.3) is 10.9 Å². The van der Waals surface area contributed by atoms with Gasteiger partial charge in [0.05, 0.1) is 11.9 Å². The Hall–Kier alpha value is -2.30. The molecule has 1 aromatic carbocycles. The molecule has 5 nitrogen and oxygen atoms in total. The fourth-order valence-corrected chi connectivity index (χ4v) is 1.59. The highest BCUT2D eigenvalue weighted by Crippen LogP contribution is 2.16. The molecule has 0 saturated carbocycles. The molecule has 0 aliphatic carbocycles. The highest BCUT2D eigenvalue weighted by molar-refractivity contribution is 5.90. The van der Waals surface area contributed by atoms with E-state index in [0.717, 1.165) is 16.6 Å². The third-order valence-corrected chi connectivity index (χ3v) is 2.35. The number of aromatic nitrogens is 1. The molecule has 0 spiro atoms. The molecular weight excluding hydrogens is 206 g/mol. The number of nitrogens with zero attached hydrogens (tertiary/aromatic N) is 2. The number of fused-ring (bicyclic) bond motifs is 1. The zero-order valence-electron chi connectivity index (χ0n) is 8.71. The zero-order valence-corrected chi connectivity index (χ0v) is 8.71. The fraction of sp³-hybridized carbons (Fsp3) is 0.0909. The molecule has 16 heavy (non-hydrogen) atoms. The summed E-state index contributed by atoms with van der Waals surface area (Å²) in [6.07, 6.45) is 0.309. The smallest absolute Gasteiger partial charge is 0.425 e. The molecule has 0 aliphatic heterocycles. The molecule has 0 bridgehead atoms. The van der Waals surface area contributed by atoms with E-state index in [1.54, 1.807) is 0 Å². The van der Waals surface area contributed by atoms with Crippen molar-refractivity contribution in [2.24, 2.45) is 12.1 Å². The molecule has 0 saturated heterocycles. The predicted molar refractivity (Wildman–Crippen MR) is 61.7 cm³/mol. The summed E-state index contributed by atoms with van der Waals surface area (Å²) < 4.78 is 1.95. The summed E-state index contributed by atoms with van der Waals surface area (Å²) in [5.41, 5.74) is 3.86. The minimum absolute atomic E-state index is 0.843. The van der Waals surface area contributed by atoms with Crippen LogP contribution in [0, 0.1) is 0 Å². The van der Waals surface area contributed by atoms with E-state index in [9.17, 15) is 4.79 Å². The van der Waals surface area contributed by atoms with Crippen LogP contribution in [0.15, 0.2) is 35.4 Å². The SMILES string of the molecule is Cn1c(C=NNC(=O)O)cc2ccccc21. The third-order valence-electron chi connectivity index (χ3n) is 2.35. The molecule has 5 heteroatoms. The summed E-state index contributed by atoms with van der Waals surface area (Å²) in [4.78, 5) is 10.2. The molecule has 1 heterocycles. The Morgan fingerprint density at radius 2 is 2.25 bits per heavy atom. The normalized spacial score (nSPS) is 11.1. The van der Waals surface area contributed by atoms with Crippen molar-refractivity contribution >= 4 is 23.2 Å². The van der Waals surface area contributed by atoms with Crippen LogP contribution in [-0.4, -0.2) is 22.0 Å². The highest BCUT2D eigenvalue weighted by Gasteiger charge is 2.02. The lowest BCUT2D eigenvalue weighted by atomic mass is 10.2. The molecular formula is C11H11N3O2. The van der Waals surface area contributed by atoms with E-state index in [2.05, 4.69) is 5.10 Å². The number of amides is 1. The molecule has 82 valence electrons. The zero-order chi connectivity index (χ0) is 11.5. The van der Waals surface area contributed by atoms with Crippen LogP contribution in [0.5, 0.6) is 0 Å². The lowest BCUT2D eigenvalue weighted by Gasteiger charge is -1.98. The second kappa shape index (κ2) is 4.06. The van der Waals surface area contributed by atoms with Crippen LogP contribution >= 0.6 is 0 Å². The average molecular weight is 217 g/mol. The molecule has 2 rings (SSSR count). The van der Waals surface area contributed by atoms with Crippen molar-refractivity contribution in [1.82, 2.24) is 9.99 Å². The second-order valence-electron chi connectivity index (χ2n) is 3.36. The standard InChI is InChI=1S/C11H11N3O2/c1-14-9(7-12-13-11(15)16)6-8-4-2-3-5-10(8)14/h2-7,13H,1H3,(H,15,16). The monoisotopic (exact) mass is 217 g/mol. The number of carbonyl (C=O) groups is 1. The number of nitrogens with one attached hydrogen (secondary N) is 1. The average Bonchev–Trinajstić information content (AvgIpc) is 2.56. The first-order chi connectivity index (χ1) is 7.68. The molecule has 0 unspecified atom stereocenters. The Labute approximate surface area is 92.0 Å². The van der Waals surface area contributed by atoms with Gasteiger partial charge < -0.3 is 9.67 Å². The molecule has 1 amide bonds. The minimum Gasteiger partial charge on any atom is -0.464 e. The van der Waals surface area contributed by atoms with Crippen LogP contribution < -0.4 is 5.43 Å². The van der Waals surface area contributed by atoms with Crippen LogP contribution in [0.2, 0.25) is 0 Å². The first kappa shape index (κ1) is 10.2. The van der Waals surface area contributed by atoms with Gasteiger partial charge in [-0.15, -0.1) is 0 Å². The molecule has 0 radical (unpaired) electrons. The summed E-state index contributed by atoms with van der Waals surface area (Å²) >= 11 is 0. The third kappa shape index (κ3) is 1.88. The summed E-state index contributed by atoms with van der Waals surface area (Å²) in [6.45, 7) is 0. The van der Waals surface area contributed by atoms with Crippen LogP contribution in [0.3, 0.4) is 0 Å². The number of aryl methyl sites for hydroxylation is 1. The maximum Gasteiger partial charge on any atom is 0.425 e. The van der Waals surface area contributed by atoms with Crippen molar-refractivity contribution in [3.63, 3.8) is 0 Å². The number of carboxylic acid groups (broad SMARTS) is 1. The quantitative estimate of drug-likeness (QED) is 0.594. The number of para-hydroxylation sites is 1. The molecule has 1 aromatic heterocycles. The van der Waals surface area contributed by atoms with Gasteiger partial charge in [0.15, 0.2) is 0 Å². The van der Waals surface area contributed by atoms with Gasteiger partial charge >= 0.3 is 6.09 Å². The summed E-state index contributed by atoms with van der Waals surface area (Å²) in [6, 6.07) is 9.86. The molecule has 0 atom stereocenters. The number of hydrogen-bond acceptors (Lipinski definition) is 2. The Morgan fingerprint density at radius 1 is 1.50 bits per heavy atom. The first-order valence-corrected chi connectivity index (χ1v) is 4.75. The van der Waals surface area contributed by atoms with Crippen LogP contribution in [0.1, 0.15) is 5.69 Å². The summed E-state index contributed by atoms with van der Waals surface area (Å²) in [7, 11) is 1.91. The molecule has 0 fully saturated rings. The topological polar surface area (TPSA) is 66.6 Å². The van der Waals surface area contributed by atoms with Gasteiger partial charge in [0, 0.05) is 18.0 Å². The van der Waals surface area contributed by atoms with E-state index in [-0.39, 0.29) is 0 Å². The summed E-state index contributed by atoms with van der Waals surface area (Å²) in [5.74, 6) is 0. The van der Waals surface area contributed by atoms with Crippen LogP contribution in [0.4, 0.5) is 4.79 Å². The summed E-state index contributed by atoms with van der Waals surface area (Å²) in [5, 5.41) is 13.1. The van der Waals surface area contributed by atoms with E-state index in [0.29, 0.717) is 0 Å². The number of rotatable bonds is 2. The van der Waals surface area contributed by atoms with Crippen LogP contribution in [-0.2, 0) is 7.05 Å². The predicted octanol–water partition coefficient (Wildman–Crippen LogP) is 1.78. The van der Waals surface area contributed by atoms with Gasteiger partial charge in [-0.3, -0.25) is 0 Å². The number of hydrazone groups is 1. The van der Waals surface area contributed by atoms with Crippen molar-refractivity contribution < 1.29 is 9.90 Å². The van der Waals surface area contributed by atoms with E-state index >= 15 is 0 Å². The molecule has 2 N–H and O–H groups in total. The number of benzene rings is 1. The van der Waals surface area contributed by atoms with E-state index < -0.39 is 6.09 Å². The van der Waals surface area contributed by atoms with Gasteiger partial charge in [-0.1, -0.05) is 18.2 Å². The van der Waals surface area contributed by atoms with Gasteiger partial charge in [0.25, 0.3) is 0 Å².